The Morgan fingerprint density at radius 1 is 1.40 bits per heavy atom. The molecule has 1 unspecified atom stereocenters. The zero-order valence-corrected chi connectivity index (χ0v) is 11.2. The molecule has 0 aromatic heterocycles. The highest BCUT2D eigenvalue weighted by molar-refractivity contribution is 6.00. The number of hydrogen-bond acceptors (Lipinski definition) is 4. The third-order valence-electron chi connectivity index (χ3n) is 3.11. The Morgan fingerprint density at radius 2 is 2.00 bits per heavy atom. The monoisotopic (exact) mass is 280 g/mol. The number of amides is 1. The maximum atomic E-state index is 12.0. The van der Waals surface area contributed by atoms with E-state index < -0.39 is 22.8 Å². The first-order valence-corrected chi connectivity index (χ1v) is 6.15. The summed E-state index contributed by atoms with van der Waals surface area (Å²) < 4.78 is 0. The third-order valence-corrected chi connectivity index (χ3v) is 3.11. The average molecular weight is 280 g/mol. The number of carbonyl (C=O) groups is 2. The molecule has 1 aromatic rings. The lowest BCUT2D eigenvalue weighted by Crippen LogP contribution is -2.45. The summed E-state index contributed by atoms with van der Waals surface area (Å²) in [5.74, 6) is -2.20. The van der Waals surface area contributed by atoms with E-state index >= 15 is 0 Å². The second-order valence-corrected chi connectivity index (χ2v) is 4.45. The number of carboxylic acids is 1. The Labute approximate surface area is 115 Å². The molecule has 108 valence electrons. The Balaban J connectivity index is 3.01. The van der Waals surface area contributed by atoms with Gasteiger partial charge in [0.1, 0.15) is 11.6 Å². The SMILES string of the molecule is CCC(C)[C@H](NC(=O)c1ccccc1[N+](=O)[O-])C(=O)O. The van der Waals surface area contributed by atoms with Gasteiger partial charge in [-0.1, -0.05) is 32.4 Å². The molecule has 0 heterocycles. The molecule has 0 bridgehead atoms. The molecule has 0 aliphatic carbocycles. The van der Waals surface area contributed by atoms with Gasteiger partial charge in [0, 0.05) is 6.07 Å². The normalized spacial score (nSPS) is 13.3. The van der Waals surface area contributed by atoms with Crippen molar-refractivity contribution in [3.8, 4) is 0 Å². The predicted octanol–water partition coefficient (Wildman–Crippen LogP) is 1.82. The second kappa shape index (κ2) is 6.65. The van der Waals surface area contributed by atoms with Crippen molar-refractivity contribution in [1.29, 1.82) is 0 Å². The first-order valence-electron chi connectivity index (χ1n) is 6.15. The topological polar surface area (TPSA) is 110 Å². The van der Waals surface area contributed by atoms with Gasteiger partial charge in [0.25, 0.3) is 11.6 Å². The molecule has 0 aliphatic rings. The number of para-hydroxylation sites is 1. The van der Waals surface area contributed by atoms with Crippen molar-refractivity contribution in [2.24, 2.45) is 5.92 Å². The summed E-state index contributed by atoms with van der Waals surface area (Å²) in [6.45, 7) is 3.50. The van der Waals surface area contributed by atoms with Gasteiger partial charge < -0.3 is 10.4 Å². The summed E-state index contributed by atoms with van der Waals surface area (Å²) >= 11 is 0. The van der Waals surface area contributed by atoms with Crippen LogP contribution in [0.15, 0.2) is 24.3 Å². The standard InChI is InChI=1S/C13H16N2O5/c1-3-8(2)11(13(17)18)14-12(16)9-6-4-5-7-10(9)15(19)20/h4-8,11H,3H2,1-2H3,(H,14,16)(H,17,18)/t8?,11-/m0/s1. The number of hydrogen-bond donors (Lipinski definition) is 2. The fourth-order valence-corrected chi connectivity index (χ4v) is 1.73. The Morgan fingerprint density at radius 3 is 2.50 bits per heavy atom. The number of nitrogens with one attached hydrogen (secondary N) is 1. The number of benzene rings is 1. The molecule has 0 saturated carbocycles. The van der Waals surface area contributed by atoms with E-state index in [0.717, 1.165) is 0 Å². The lowest BCUT2D eigenvalue weighted by molar-refractivity contribution is -0.385. The van der Waals surface area contributed by atoms with Crippen molar-refractivity contribution < 1.29 is 19.6 Å². The maximum absolute atomic E-state index is 12.0. The quantitative estimate of drug-likeness (QED) is 0.610. The predicted molar refractivity (Wildman–Crippen MR) is 71.4 cm³/mol. The highest BCUT2D eigenvalue weighted by Crippen LogP contribution is 2.18. The van der Waals surface area contributed by atoms with Crippen LogP contribution in [-0.2, 0) is 4.79 Å². The van der Waals surface area contributed by atoms with Gasteiger partial charge in [0.05, 0.1) is 4.92 Å². The Bertz CT molecular complexity index is 529. The van der Waals surface area contributed by atoms with Gasteiger partial charge in [0.15, 0.2) is 0 Å². The van der Waals surface area contributed by atoms with Gasteiger partial charge in [-0.2, -0.15) is 0 Å². The number of nitro benzene ring substituents is 1. The summed E-state index contributed by atoms with van der Waals surface area (Å²) in [5.41, 5.74) is -0.495. The molecule has 1 rings (SSSR count). The maximum Gasteiger partial charge on any atom is 0.326 e. The van der Waals surface area contributed by atoms with Crippen molar-refractivity contribution in [1.82, 2.24) is 5.32 Å². The van der Waals surface area contributed by atoms with E-state index in [-0.39, 0.29) is 17.2 Å². The second-order valence-electron chi connectivity index (χ2n) is 4.45. The fourth-order valence-electron chi connectivity index (χ4n) is 1.73. The van der Waals surface area contributed by atoms with E-state index in [1.165, 1.54) is 24.3 Å². The summed E-state index contributed by atoms with van der Waals surface area (Å²) in [4.78, 5) is 33.3. The zero-order valence-electron chi connectivity index (χ0n) is 11.2. The molecule has 1 aromatic carbocycles. The number of nitro groups is 1. The lowest BCUT2D eigenvalue weighted by Gasteiger charge is -2.20. The van der Waals surface area contributed by atoms with Crippen LogP contribution >= 0.6 is 0 Å². The van der Waals surface area contributed by atoms with Crippen LogP contribution in [0.5, 0.6) is 0 Å². The number of carboxylic acid groups (broad SMARTS) is 1. The van der Waals surface area contributed by atoms with Crippen molar-refractivity contribution >= 4 is 17.6 Å². The van der Waals surface area contributed by atoms with Crippen LogP contribution in [0.2, 0.25) is 0 Å². The molecule has 0 aliphatic heterocycles. The van der Waals surface area contributed by atoms with Crippen LogP contribution in [0, 0.1) is 16.0 Å². The smallest absolute Gasteiger partial charge is 0.326 e. The molecular weight excluding hydrogens is 264 g/mol. The Hall–Kier alpha value is -2.44. The number of nitrogens with zero attached hydrogens (tertiary/aromatic N) is 1. The molecule has 0 fully saturated rings. The Kier molecular flexibility index (Phi) is 5.19. The fraction of sp³-hybridized carbons (Fsp3) is 0.385. The van der Waals surface area contributed by atoms with Crippen LogP contribution in [0.1, 0.15) is 30.6 Å². The van der Waals surface area contributed by atoms with Crippen LogP contribution in [0.3, 0.4) is 0 Å². The highest BCUT2D eigenvalue weighted by Gasteiger charge is 2.28. The van der Waals surface area contributed by atoms with E-state index in [2.05, 4.69) is 5.32 Å². The van der Waals surface area contributed by atoms with E-state index in [9.17, 15) is 19.7 Å². The zero-order chi connectivity index (χ0) is 15.3. The molecule has 2 N–H and O–H groups in total. The van der Waals surface area contributed by atoms with Crippen molar-refractivity contribution in [2.45, 2.75) is 26.3 Å². The van der Waals surface area contributed by atoms with Gasteiger partial charge in [-0.05, 0) is 12.0 Å². The molecular formula is C13H16N2O5. The number of carbonyl (C=O) groups excluding carboxylic acids is 1. The van der Waals surface area contributed by atoms with Gasteiger partial charge >= 0.3 is 5.97 Å². The number of rotatable bonds is 6. The van der Waals surface area contributed by atoms with Crippen LogP contribution in [0.25, 0.3) is 0 Å². The molecule has 20 heavy (non-hydrogen) atoms. The minimum Gasteiger partial charge on any atom is -0.480 e. The van der Waals surface area contributed by atoms with Crippen molar-refractivity contribution in [3.63, 3.8) is 0 Å². The minimum absolute atomic E-state index is 0.146. The number of aliphatic carboxylic acids is 1. The van der Waals surface area contributed by atoms with E-state index in [0.29, 0.717) is 6.42 Å². The summed E-state index contributed by atoms with van der Waals surface area (Å²) in [7, 11) is 0. The third kappa shape index (κ3) is 3.53. The van der Waals surface area contributed by atoms with Crippen LogP contribution < -0.4 is 5.32 Å². The average Bonchev–Trinajstić information content (AvgIpc) is 2.43. The van der Waals surface area contributed by atoms with Gasteiger partial charge in [-0.15, -0.1) is 0 Å². The largest absolute Gasteiger partial charge is 0.480 e. The summed E-state index contributed by atoms with van der Waals surface area (Å²) in [5, 5.41) is 22.3. The van der Waals surface area contributed by atoms with Crippen LogP contribution in [0.4, 0.5) is 5.69 Å². The minimum atomic E-state index is -1.16. The summed E-state index contributed by atoms with van der Waals surface area (Å²) in [6, 6.07) is 4.35. The van der Waals surface area contributed by atoms with Crippen molar-refractivity contribution in [3.05, 3.63) is 39.9 Å². The molecule has 0 radical (unpaired) electrons. The van der Waals surface area contributed by atoms with Gasteiger partial charge in [-0.25, -0.2) is 4.79 Å². The van der Waals surface area contributed by atoms with Gasteiger partial charge in [0.2, 0.25) is 0 Å². The lowest BCUT2D eigenvalue weighted by atomic mass is 9.99. The first kappa shape index (κ1) is 15.6. The van der Waals surface area contributed by atoms with Gasteiger partial charge in [-0.3, -0.25) is 14.9 Å². The molecule has 0 spiro atoms. The highest BCUT2D eigenvalue weighted by atomic mass is 16.6. The molecule has 2 atom stereocenters. The molecule has 7 heteroatoms. The summed E-state index contributed by atoms with van der Waals surface area (Å²) in [6.07, 6.45) is 0.564. The van der Waals surface area contributed by atoms with E-state index in [1.54, 1.807) is 13.8 Å². The van der Waals surface area contributed by atoms with Crippen LogP contribution in [-0.4, -0.2) is 27.9 Å². The molecule has 0 saturated heterocycles. The van der Waals surface area contributed by atoms with E-state index in [4.69, 9.17) is 5.11 Å². The van der Waals surface area contributed by atoms with Crippen molar-refractivity contribution in [2.75, 3.05) is 0 Å². The van der Waals surface area contributed by atoms with E-state index in [1.807, 2.05) is 0 Å². The molecule has 1 amide bonds. The molecule has 7 nitrogen and oxygen atoms in total. The first-order chi connectivity index (χ1) is 9.38.